The Morgan fingerprint density at radius 1 is 1.31 bits per heavy atom. The van der Waals surface area contributed by atoms with Crippen LogP contribution >= 0.6 is 0 Å². The molecular weight excluding hydrogens is 328 g/mol. The molecular formula is C20H26N4O2. The summed E-state index contributed by atoms with van der Waals surface area (Å²) in [4.78, 5) is 23.2. The van der Waals surface area contributed by atoms with Gasteiger partial charge in [-0.3, -0.25) is 9.78 Å². The second-order valence-corrected chi connectivity index (χ2v) is 6.57. The van der Waals surface area contributed by atoms with Crippen molar-refractivity contribution in [1.82, 2.24) is 15.3 Å². The van der Waals surface area contributed by atoms with Gasteiger partial charge in [0, 0.05) is 44.3 Å². The fourth-order valence-corrected chi connectivity index (χ4v) is 3.03. The van der Waals surface area contributed by atoms with Crippen LogP contribution < -0.4 is 10.2 Å². The molecule has 1 N–H and O–H groups in total. The molecule has 1 saturated heterocycles. The van der Waals surface area contributed by atoms with Crippen LogP contribution in [-0.2, 0) is 11.2 Å². The number of aryl methyl sites for hydroxylation is 1. The number of anilines is 1. The van der Waals surface area contributed by atoms with Crippen molar-refractivity contribution in [2.24, 2.45) is 0 Å². The monoisotopic (exact) mass is 354 g/mol. The van der Waals surface area contributed by atoms with Gasteiger partial charge in [-0.2, -0.15) is 0 Å². The zero-order valence-corrected chi connectivity index (χ0v) is 15.2. The summed E-state index contributed by atoms with van der Waals surface area (Å²) in [6.45, 7) is 5.24. The van der Waals surface area contributed by atoms with Crippen molar-refractivity contribution < 1.29 is 9.53 Å². The molecule has 0 aromatic carbocycles. The van der Waals surface area contributed by atoms with Crippen molar-refractivity contribution in [1.29, 1.82) is 0 Å². The maximum atomic E-state index is 12.3. The number of nitrogens with zero attached hydrogens (tertiary/aromatic N) is 3. The molecule has 1 aliphatic rings. The quantitative estimate of drug-likeness (QED) is 0.807. The van der Waals surface area contributed by atoms with Gasteiger partial charge in [-0.1, -0.05) is 6.07 Å². The lowest BCUT2D eigenvalue weighted by Gasteiger charge is -2.23. The average molecular weight is 354 g/mol. The molecule has 2 aromatic rings. The Morgan fingerprint density at radius 2 is 2.23 bits per heavy atom. The highest BCUT2D eigenvalue weighted by molar-refractivity contribution is 5.94. The molecule has 3 rings (SSSR count). The zero-order chi connectivity index (χ0) is 18.2. The number of carbonyl (C=O) groups excluding carboxylic acids is 1. The molecule has 3 heterocycles. The van der Waals surface area contributed by atoms with Gasteiger partial charge in [0.05, 0.1) is 11.7 Å². The van der Waals surface area contributed by atoms with Gasteiger partial charge in [0.25, 0.3) is 5.91 Å². The van der Waals surface area contributed by atoms with Crippen molar-refractivity contribution in [3.63, 3.8) is 0 Å². The fraction of sp³-hybridized carbons (Fsp3) is 0.450. The zero-order valence-electron chi connectivity index (χ0n) is 15.2. The smallest absolute Gasteiger partial charge is 0.252 e. The van der Waals surface area contributed by atoms with Crippen molar-refractivity contribution in [2.45, 2.75) is 32.3 Å². The maximum absolute atomic E-state index is 12.3. The van der Waals surface area contributed by atoms with Gasteiger partial charge in [0.15, 0.2) is 0 Å². The Morgan fingerprint density at radius 3 is 3.00 bits per heavy atom. The summed E-state index contributed by atoms with van der Waals surface area (Å²) >= 11 is 0. The molecule has 6 nitrogen and oxygen atoms in total. The van der Waals surface area contributed by atoms with E-state index in [1.165, 1.54) is 0 Å². The first-order chi connectivity index (χ1) is 12.7. The molecule has 26 heavy (non-hydrogen) atoms. The lowest BCUT2D eigenvalue weighted by atomic mass is 10.2. The summed E-state index contributed by atoms with van der Waals surface area (Å²) in [7, 11) is 0. The maximum Gasteiger partial charge on any atom is 0.252 e. The third kappa shape index (κ3) is 5.26. The fourth-order valence-electron chi connectivity index (χ4n) is 3.03. The molecule has 0 bridgehead atoms. The van der Waals surface area contributed by atoms with Gasteiger partial charge in [-0.15, -0.1) is 0 Å². The van der Waals surface area contributed by atoms with Gasteiger partial charge in [0.2, 0.25) is 0 Å². The number of carbonyl (C=O) groups is 1. The van der Waals surface area contributed by atoms with Gasteiger partial charge < -0.3 is 15.0 Å². The van der Waals surface area contributed by atoms with E-state index < -0.39 is 0 Å². The molecule has 138 valence electrons. The lowest BCUT2D eigenvalue weighted by Crippen LogP contribution is -2.31. The minimum atomic E-state index is -0.0855. The average Bonchev–Trinajstić information content (AvgIpc) is 2.90. The first-order valence-electron chi connectivity index (χ1n) is 9.23. The summed E-state index contributed by atoms with van der Waals surface area (Å²) in [6, 6.07) is 9.64. The van der Waals surface area contributed by atoms with Gasteiger partial charge >= 0.3 is 0 Å². The molecule has 1 fully saturated rings. The summed E-state index contributed by atoms with van der Waals surface area (Å²) < 4.78 is 5.67. The SMILES string of the molecule is C[C@H]1CN(c2ccc(C(=O)NCCCc3ccccn3)cn2)CCCO1. The highest BCUT2D eigenvalue weighted by Crippen LogP contribution is 2.15. The minimum absolute atomic E-state index is 0.0855. The number of rotatable bonds is 6. The summed E-state index contributed by atoms with van der Waals surface area (Å²) in [5.74, 6) is 0.812. The van der Waals surface area contributed by atoms with Gasteiger partial charge in [0.1, 0.15) is 5.82 Å². The molecule has 1 amide bonds. The van der Waals surface area contributed by atoms with Crippen LogP contribution in [0.25, 0.3) is 0 Å². The first kappa shape index (κ1) is 18.3. The van der Waals surface area contributed by atoms with E-state index >= 15 is 0 Å². The van der Waals surface area contributed by atoms with E-state index in [4.69, 9.17) is 4.74 Å². The summed E-state index contributed by atoms with van der Waals surface area (Å²) in [6.07, 6.45) is 6.34. The molecule has 0 spiro atoms. The summed E-state index contributed by atoms with van der Waals surface area (Å²) in [5, 5.41) is 2.94. The van der Waals surface area contributed by atoms with E-state index in [1.807, 2.05) is 30.3 Å². The van der Waals surface area contributed by atoms with Crippen LogP contribution in [0.15, 0.2) is 42.7 Å². The molecule has 0 radical (unpaired) electrons. The molecule has 1 atom stereocenters. The van der Waals surface area contributed by atoms with Crippen LogP contribution in [0, 0.1) is 0 Å². The van der Waals surface area contributed by atoms with E-state index in [9.17, 15) is 4.79 Å². The predicted molar refractivity (Wildman–Crippen MR) is 101 cm³/mol. The van der Waals surface area contributed by atoms with Crippen LogP contribution in [0.2, 0.25) is 0 Å². The first-order valence-corrected chi connectivity index (χ1v) is 9.23. The van der Waals surface area contributed by atoms with E-state index in [1.54, 1.807) is 12.4 Å². The number of pyridine rings is 2. The van der Waals surface area contributed by atoms with Crippen molar-refractivity contribution in [2.75, 3.05) is 31.1 Å². The van der Waals surface area contributed by atoms with Crippen LogP contribution in [0.3, 0.4) is 0 Å². The second-order valence-electron chi connectivity index (χ2n) is 6.57. The van der Waals surface area contributed by atoms with Gasteiger partial charge in [-0.05, 0) is 50.5 Å². The van der Waals surface area contributed by atoms with Crippen LogP contribution in [0.1, 0.15) is 35.8 Å². The summed E-state index contributed by atoms with van der Waals surface area (Å²) in [5.41, 5.74) is 1.63. The minimum Gasteiger partial charge on any atom is -0.377 e. The van der Waals surface area contributed by atoms with Crippen molar-refractivity contribution in [3.05, 3.63) is 54.0 Å². The third-order valence-electron chi connectivity index (χ3n) is 4.41. The molecule has 6 heteroatoms. The van der Waals surface area contributed by atoms with Crippen molar-refractivity contribution in [3.8, 4) is 0 Å². The number of hydrogen-bond acceptors (Lipinski definition) is 5. The molecule has 0 saturated carbocycles. The third-order valence-corrected chi connectivity index (χ3v) is 4.41. The number of hydrogen-bond donors (Lipinski definition) is 1. The highest BCUT2D eigenvalue weighted by atomic mass is 16.5. The van der Waals surface area contributed by atoms with Crippen LogP contribution in [-0.4, -0.2) is 48.2 Å². The Hall–Kier alpha value is -2.47. The van der Waals surface area contributed by atoms with Crippen LogP contribution in [0.4, 0.5) is 5.82 Å². The second kappa shape index (κ2) is 9.29. The normalized spacial score (nSPS) is 17.6. The topological polar surface area (TPSA) is 67.4 Å². The molecule has 1 aliphatic heterocycles. The standard InChI is InChI=1S/C20H26N4O2/c1-16-15-24(12-5-13-26-16)19-9-8-17(14-23-19)20(25)22-11-4-7-18-6-2-3-10-21-18/h2-3,6,8-10,14,16H,4-5,7,11-13,15H2,1H3,(H,22,25)/t16-/m0/s1. The number of ether oxygens (including phenoxy) is 1. The van der Waals surface area contributed by atoms with Crippen LogP contribution in [0.5, 0.6) is 0 Å². The lowest BCUT2D eigenvalue weighted by molar-refractivity contribution is 0.0820. The Kier molecular flexibility index (Phi) is 6.55. The largest absolute Gasteiger partial charge is 0.377 e. The van der Waals surface area contributed by atoms with E-state index in [0.29, 0.717) is 12.1 Å². The number of aromatic nitrogens is 2. The van der Waals surface area contributed by atoms with E-state index in [2.05, 4.69) is 27.1 Å². The van der Waals surface area contributed by atoms with E-state index in [-0.39, 0.29) is 12.0 Å². The number of amides is 1. The number of nitrogens with one attached hydrogen (secondary N) is 1. The molecule has 2 aromatic heterocycles. The predicted octanol–water partition coefficient (Wildman–Crippen LogP) is 2.45. The molecule has 0 aliphatic carbocycles. The van der Waals surface area contributed by atoms with Crippen molar-refractivity contribution >= 4 is 11.7 Å². The highest BCUT2D eigenvalue weighted by Gasteiger charge is 2.16. The Balaban J connectivity index is 1.47. The Labute approximate surface area is 154 Å². The Bertz CT molecular complexity index is 691. The van der Waals surface area contributed by atoms with E-state index in [0.717, 1.165) is 50.5 Å². The van der Waals surface area contributed by atoms with Gasteiger partial charge in [-0.25, -0.2) is 4.98 Å². The molecule has 0 unspecified atom stereocenters.